The molecule has 3 rings (SSSR count). The van der Waals surface area contributed by atoms with E-state index in [1.165, 1.54) is 4.88 Å². The van der Waals surface area contributed by atoms with Crippen LogP contribution in [-0.2, 0) is 6.54 Å². The first-order valence-electron chi connectivity index (χ1n) is 6.38. The van der Waals surface area contributed by atoms with Gasteiger partial charge in [-0.05, 0) is 45.6 Å². The maximum Gasteiger partial charge on any atom is 0.336 e. The quantitative estimate of drug-likeness (QED) is 0.689. The Hall–Kier alpha value is -1.85. The average Bonchev–Trinajstić information content (AvgIpc) is 2.90. The Morgan fingerprint density at radius 3 is 2.52 bits per heavy atom. The predicted octanol–water partition coefficient (Wildman–Crippen LogP) is 4.97. The predicted molar refractivity (Wildman–Crippen MR) is 90.3 cm³/mol. The molecule has 3 nitrogen and oxygen atoms in total. The lowest BCUT2D eigenvalue weighted by Crippen LogP contribution is -2.02. The Labute approximate surface area is 134 Å². The number of carboxylic acid groups (broad SMARTS) is 1. The van der Waals surface area contributed by atoms with Gasteiger partial charge in [-0.3, -0.25) is 0 Å². The Morgan fingerprint density at radius 1 is 1.10 bits per heavy atom. The zero-order valence-corrected chi connectivity index (χ0v) is 13.4. The normalized spacial score (nSPS) is 10.7. The highest BCUT2D eigenvalue weighted by atomic mass is 79.9. The minimum absolute atomic E-state index is 0.329. The van der Waals surface area contributed by atoms with E-state index in [9.17, 15) is 9.90 Å². The first-order chi connectivity index (χ1) is 10.1. The van der Waals surface area contributed by atoms with Crippen LogP contribution < -0.4 is 5.32 Å². The van der Waals surface area contributed by atoms with Gasteiger partial charge in [0.05, 0.1) is 9.35 Å². The summed E-state index contributed by atoms with van der Waals surface area (Å²) in [5, 5.41) is 14.3. The summed E-state index contributed by atoms with van der Waals surface area (Å²) in [5.74, 6) is -0.903. The van der Waals surface area contributed by atoms with Crippen LogP contribution in [0, 0.1) is 0 Å². The van der Waals surface area contributed by atoms with Crippen molar-refractivity contribution in [2.75, 3.05) is 5.32 Å². The summed E-state index contributed by atoms with van der Waals surface area (Å²) < 4.78 is 1.10. The average molecular weight is 362 g/mol. The number of hydrogen-bond acceptors (Lipinski definition) is 3. The summed E-state index contributed by atoms with van der Waals surface area (Å²) in [5.41, 5.74) is 1.27. The number of benzene rings is 2. The van der Waals surface area contributed by atoms with Gasteiger partial charge in [-0.2, -0.15) is 0 Å². The summed E-state index contributed by atoms with van der Waals surface area (Å²) in [4.78, 5) is 12.5. The fraction of sp³-hybridized carbons (Fsp3) is 0.0625. The fourth-order valence-electron chi connectivity index (χ4n) is 2.27. The Kier molecular flexibility index (Phi) is 3.94. The van der Waals surface area contributed by atoms with Crippen molar-refractivity contribution in [2.45, 2.75) is 6.54 Å². The molecule has 1 heterocycles. The van der Waals surface area contributed by atoms with Gasteiger partial charge < -0.3 is 10.4 Å². The van der Waals surface area contributed by atoms with Crippen molar-refractivity contribution >= 4 is 49.7 Å². The molecule has 0 aliphatic rings. The molecular formula is C16H12BrNO2S. The van der Waals surface area contributed by atoms with Gasteiger partial charge in [0.15, 0.2) is 0 Å². The zero-order valence-electron chi connectivity index (χ0n) is 11.0. The molecule has 0 saturated heterocycles. The molecule has 0 spiro atoms. The minimum atomic E-state index is -0.903. The molecule has 21 heavy (non-hydrogen) atoms. The summed E-state index contributed by atoms with van der Waals surface area (Å²) >= 11 is 5.13. The highest BCUT2D eigenvalue weighted by molar-refractivity contribution is 9.11. The van der Waals surface area contributed by atoms with Crippen molar-refractivity contribution in [1.29, 1.82) is 0 Å². The van der Waals surface area contributed by atoms with E-state index in [-0.39, 0.29) is 0 Å². The molecule has 0 bridgehead atoms. The van der Waals surface area contributed by atoms with Gasteiger partial charge in [0.25, 0.3) is 0 Å². The van der Waals surface area contributed by atoms with Gasteiger partial charge in [-0.15, -0.1) is 11.3 Å². The van der Waals surface area contributed by atoms with Crippen LogP contribution >= 0.6 is 27.3 Å². The van der Waals surface area contributed by atoms with Gasteiger partial charge in [-0.1, -0.05) is 24.3 Å². The number of thiophene rings is 1. The third kappa shape index (κ3) is 2.94. The van der Waals surface area contributed by atoms with E-state index in [2.05, 4.69) is 27.3 Å². The van der Waals surface area contributed by atoms with Crippen LogP contribution in [0.3, 0.4) is 0 Å². The molecule has 2 N–H and O–H groups in total. The van der Waals surface area contributed by atoms with Crippen molar-refractivity contribution in [3.63, 3.8) is 0 Å². The van der Waals surface area contributed by atoms with Crippen molar-refractivity contribution in [3.8, 4) is 0 Å². The molecule has 0 radical (unpaired) electrons. The third-order valence-corrected chi connectivity index (χ3v) is 4.86. The second-order valence-corrected chi connectivity index (χ2v) is 7.12. The minimum Gasteiger partial charge on any atom is -0.478 e. The lowest BCUT2D eigenvalue weighted by atomic mass is 10.0. The van der Waals surface area contributed by atoms with E-state index < -0.39 is 5.97 Å². The lowest BCUT2D eigenvalue weighted by Gasteiger charge is -2.11. The van der Waals surface area contributed by atoms with E-state index in [0.717, 1.165) is 20.2 Å². The Bertz CT molecular complexity index is 813. The van der Waals surface area contributed by atoms with E-state index >= 15 is 0 Å². The number of carboxylic acids is 1. The molecule has 0 atom stereocenters. The van der Waals surface area contributed by atoms with E-state index in [1.807, 2.05) is 36.4 Å². The number of carbonyl (C=O) groups is 1. The summed E-state index contributed by atoms with van der Waals surface area (Å²) in [6.45, 7) is 0.715. The van der Waals surface area contributed by atoms with Crippen LogP contribution in [0.1, 0.15) is 15.2 Å². The summed E-state index contributed by atoms with van der Waals surface area (Å²) in [6.07, 6.45) is 0. The van der Waals surface area contributed by atoms with Gasteiger partial charge in [0.1, 0.15) is 0 Å². The van der Waals surface area contributed by atoms with Crippen molar-refractivity contribution < 1.29 is 9.90 Å². The van der Waals surface area contributed by atoms with Crippen LogP contribution in [0.15, 0.2) is 52.3 Å². The molecular weight excluding hydrogens is 350 g/mol. The summed E-state index contributed by atoms with van der Waals surface area (Å²) in [6, 6.07) is 15.1. The van der Waals surface area contributed by atoms with Crippen molar-refractivity contribution in [3.05, 3.63) is 62.8 Å². The molecule has 1 aromatic heterocycles. The molecule has 0 saturated carbocycles. The van der Waals surface area contributed by atoms with Crippen LogP contribution in [0.2, 0.25) is 0 Å². The molecule has 3 aromatic rings. The van der Waals surface area contributed by atoms with Gasteiger partial charge in [0, 0.05) is 22.5 Å². The second-order valence-electron chi connectivity index (χ2n) is 4.57. The van der Waals surface area contributed by atoms with Crippen LogP contribution in [0.25, 0.3) is 10.8 Å². The number of fused-ring (bicyclic) bond motifs is 1. The maximum absolute atomic E-state index is 11.3. The lowest BCUT2D eigenvalue weighted by molar-refractivity contribution is 0.0699. The largest absolute Gasteiger partial charge is 0.478 e. The number of nitrogens with one attached hydrogen (secondary N) is 1. The molecule has 0 aliphatic carbocycles. The molecule has 0 amide bonds. The standard InChI is InChI=1S/C16H12BrNO2S/c17-15-8-5-10(21-15)9-18-14-7-6-13(16(19)20)11-3-1-2-4-12(11)14/h1-8,18H,9H2,(H,19,20). The Balaban J connectivity index is 1.96. The van der Waals surface area contributed by atoms with Crippen molar-refractivity contribution in [2.24, 2.45) is 0 Å². The first kappa shape index (κ1) is 14.1. The van der Waals surface area contributed by atoms with Crippen LogP contribution in [0.5, 0.6) is 0 Å². The highest BCUT2D eigenvalue weighted by Crippen LogP contribution is 2.28. The van der Waals surface area contributed by atoms with Crippen LogP contribution in [0.4, 0.5) is 5.69 Å². The molecule has 106 valence electrons. The van der Waals surface area contributed by atoms with Gasteiger partial charge in [0.2, 0.25) is 0 Å². The zero-order chi connectivity index (χ0) is 14.8. The molecule has 5 heteroatoms. The number of aromatic carboxylic acids is 1. The molecule has 0 aliphatic heterocycles. The molecule has 2 aromatic carbocycles. The Morgan fingerprint density at radius 2 is 1.86 bits per heavy atom. The highest BCUT2D eigenvalue weighted by Gasteiger charge is 2.10. The third-order valence-electron chi connectivity index (χ3n) is 3.24. The number of anilines is 1. The number of hydrogen-bond donors (Lipinski definition) is 2. The van der Waals surface area contributed by atoms with E-state index in [0.29, 0.717) is 12.1 Å². The first-order valence-corrected chi connectivity index (χ1v) is 7.99. The summed E-state index contributed by atoms with van der Waals surface area (Å²) in [7, 11) is 0. The number of rotatable bonds is 4. The smallest absolute Gasteiger partial charge is 0.336 e. The van der Waals surface area contributed by atoms with E-state index in [4.69, 9.17) is 0 Å². The monoisotopic (exact) mass is 361 g/mol. The topological polar surface area (TPSA) is 49.3 Å². The van der Waals surface area contributed by atoms with Gasteiger partial charge >= 0.3 is 5.97 Å². The van der Waals surface area contributed by atoms with E-state index in [1.54, 1.807) is 17.4 Å². The van der Waals surface area contributed by atoms with Crippen molar-refractivity contribution in [1.82, 2.24) is 0 Å². The second kappa shape index (κ2) is 5.87. The fourth-order valence-corrected chi connectivity index (χ4v) is 3.69. The SMILES string of the molecule is O=C(O)c1ccc(NCc2ccc(Br)s2)c2ccccc12. The maximum atomic E-state index is 11.3. The van der Waals surface area contributed by atoms with Gasteiger partial charge in [-0.25, -0.2) is 4.79 Å². The number of halogens is 1. The molecule has 0 unspecified atom stereocenters. The molecule has 0 fully saturated rings. The van der Waals surface area contributed by atoms with Crippen LogP contribution in [-0.4, -0.2) is 11.1 Å².